The number of rotatable bonds is 4. The summed E-state index contributed by atoms with van der Waals surface area (Å²) in [6, 6.07) is 0. The van der Waals surface area contributed by atoms with Crippen molar-refractivity contribution < 1.29 is 23.7 Å². The maximum Gasteiger partial charge on any atom is 0.185 e. The second-order valence-corrected chi connectivity index (χ2v) is 7.20. The third kappa shape index (κ3) is 4.68. The third-order valence-electron chi connectivity index (χ3n) is 4.54. The Morgan fingerprint density at radius 3 is 2.64 bits per heavy atom. The van der Waals surface area contributed by atoms with Crippen LogP contribution in [0.4, 0.5) is 0 Å². The fraction of sp³-hybridized carbons (Fsp3) is 0.938. The molecule has 0 N–H and O–H groups in total. The van der Waals surface area contributed by atoms with Gasteiger partial charge < -0.3 is 18.9 Å². The normalized spacial score (nSPS) is 36.8. The van der Waals surface area contributed by atoms with Crippen LogP contribution in [0.2, 0.25) is 0 Å². The van der Waals surface area contributed by atoms with E-state index in [4.69, 9.17) is 18.9 Å². The highest BCUT2D eigenvalue weighted by atomic mass is 32.2. The van der Waals surface area contributed by atoms with Gasteiger partial charge in [0.2, 0.25) is 0 Å². The third-order valence-corrected chi connectivity index (χ3v) is 5.44. The smallest absolute Gasteiger partial charge is 0.185 e. The van der Waals surface area contributed by atoms with Crippen molar-refractivity contribution in [2.24, 2.45) is 5.92 Å². The highest BCUT2D eigenvalue weighted by molar-refractivity contribution is 8.13. The molecule has 128 valence electrons. The first kappa shape index (κ1) is 18.2. The van der Waals surface area contributed by atoms with Crippen molar-refractivity contribution in [3.05, 3.63) is 0 Å². The minimum absolute atomic E-state index is 0.0111. The maximum absolute atomic E-state index is 11.3. The quantitative estimate of drug-likeness (QED) is 0.787. The number of carbonyl (C=O) groups is 1. The van der Waals surface area contributed by atoms with Gasteiger partial charge in [-0.2, -0.15) is 0 Å². The zero-order chi connectivity index (χ0) is 15.9. The van der Waals surface area contributed by atoms with Crippen LogP contribution in [0, 0.1) is 5.92 Å². The largest absolute Gasteiger partial charge is 0.379 e. The van der Waals surface area contributed by atoms with Crippen LogP contribution in [0.5, 0.6) is 0 Å². The Morgan fingerprint density at radius 1 is 1.18 bits per heavy atom. The summed E-state index contributed by atoms with van der Waals surface area (Å²) in [5.74, 6) is 0.934. The van der Waals surface area contributed by atoms with E-state index >= 15 is 0 Å². The molecule has 0 aromatic heterocycles. The zero-order valence-electron chi connectivity index (χ0n) is 13.8. The molecule has 0 aromatic carbocycles. The van der Waals surface area contributed by atoms with Crippen LogP contribution < -0.4 is 0 Å². The highest BCUT2D eigenvalue weighted by Crippen LogP contribution is 2.35. The Hall–Kier alpha value is -0.140. The molecule has 0 radical (unpaired) electrons. The van der Waals surface area contributed by atoms with E-state index in [-0.39, 0.29) is 35.4 Å². The van der Waals surface area contributed by atoms with Gasteiger partial charge >= 0.3 is 0 Å². The molecule has 3 saturated heterocycles. The first-order valence-electron chi connectivity index (χ1n) is 8.09. The van der Waals surface area contributed by atoms with Crippen LogP contribution >= 0.6 is 11.8 Å². The molecule has 5 atom stereocenters. The van der Waals surface area contributed by atoms with Crippen molar-refractivity contribution >= 4 is 16.9 Å². The molecule has 3 aliphatic rings. The topological polar surface area (TPSA) is 54.0 Å². The lowest BCUT2D eigenvalue weighted by molar-refractivity contribution is -0.222. The lowest BCUT2D eigenvalue weighted by Gasteiger charge is -2.45. The van der Waals surface area contributed by atoms with E-state index in [2.05, 4.69) is 0 Å². The Kier molecular flexibility index (Phi) is 7.63. The molecule has 0 spiro atoms. The van der Waals surface area contributed by atoms with E-state index < -0.39 is 0 Å². The van der Waals surface area contributed by atoms with E-state index in [0.717, 1.165) is 32.3 Å². The molecule has 6 heteroatoms. The SMILES string of the molecule is COC1C2COCCCCCC(C(CSC(C)=O)O2)C1OC. The second-order valence-electron chi connectivity index (χ2n) is 6.00. The molecule has 3 fully saturated rings. The van der Waals surface area contributed by atoms with Gasteiger partial charge in [0.05, 0.1) is 18.8 Å². The van der Waals surface area contributed by atoms with E-state index in [1.165, 1.54) is 11.8 Å². The van der Waals surface area contributed by atoms with Crippen LogP contribution in [0.3, 0.4) is 0 Å². The summed E-state index contributed by atoms with van der Waals surface area (Å²) in [5.41, 5.74) is 0. The zero-order valence-corrected chi connectivity index (χ0v) is 14.6. The number of ether oxygens (including phenoxy) is 4. The minimum Gasteiger partial charge on any atom is -0.379 e. The molecule has 22 heavy (non-hydrogen) atoms. The van der Waals surface area contributed by atoms with Gasteiger partial charge in [0.25, 0.3) is 0 Å². The molecule has 0 saturated carbocycles. The van der Waals surface area contributed by atoms with Gasteiger partial charge in [-0.1, -0.05) is 24.6 Å². The van der Waals surface area contributed by atoms with Crippen LogP contribution in [-0.4, -0.2) is 62.7 Å². The van der Waals surface area contributed by atoms with Crippen LogP contribution in [0.15, 0.2) is 0 Å². The summed E-state index contributed by atoms with van der Waals surface area (Å²) >= 11 is 1.33. The van der Waals surface area contributed by atoms with Crippen LogP contribution in [0.25, 0.3) is 0 Å². The van der Waals surface area contributed by atoms with Gasteiger partial charge in [-0.05, 0) is 12.8 Å². The number of methoxy groups -OCH3 is 2. The Morgan fingerprint density at radius 2 is 1.95 bits per heavy atom. The van der Waals surface area contributed by atoms with Crippen LogP contribution in [-0.2, 0) is 23.7 Å². The van der Waals surface area contributed by atoms with Gasteiger partial charge in [-0.25, -0.2) is 0 Å². The summed E-state index contributed by atoms with van der Waals surface area (Å²) in [4.78, 5) is 11.3. The van der Waals surface area contributed by atoms with Gasteiger partial charge in [0.1, 0.15) is 12.2 Å². The molecule has 0 aliphatic carbocycles. The number of hydrogen-bond donors (Lipinski definition) is 0. The lowest BCUT2D eigenvalue weighted by Crippen LogP contribution is -2.57. The Bertz CT molecular complexity index is 351. The maximum atomic E-state index is 11.3. The number of thioether (sulfide) groups is 1. The molecule has 5 unspecified atom stereocenters. The monoisotopic (exact) mass is 332 g/mol. The van der Waals surface area contributed by atoms with Gasteiger partial charge in [0.15, 0.2) is 5.12 Å². The van der Waals surface area contributed by atoms with Crippen molar-refractivity contribution in [2.45, 2.75) is 57.0 Å². The van der Waals surface area contributed by atoms with Gasteiger partial charge in [-0.15, -0.1) is 0 Å². The Balaban J connectivity index is 2.17. The molecule has 3 heterocycles. The number of hydrogen-bond acceptors (Lipinski definition) is 6. The molecule has 3 aliphatic heterocycles. The molecule has 5 nitrogen and oxygen atoms in total. The van der Waals surface area contributed by atoms with Gasteiger partial charge in [0, 0.05) is 39.4 Å². The van der Waals surface area contributed by atoms with Crippen molar-refractivity contribution in [1.82, 2.24) is 0 Å². The average molecular weight is 332 g/mol. The summed E-state index contributed by atoms with van der Waals surface area (Å²) < 4.78 is 23.5. The van der Waals surface area contributed by atoms with Crippen molar-refractivity contribution in [1.29, 1.82) is 0 Å². The standard InChI is InChI=1S/C16H28O5S/c1-11(17)22-10-14-12-7-5-4-6-8-20-9-13(21-14)16(19-3)15(12)18-2/h12-16H,4-10H2,1-3H3. The van der Waals surface area contributed by atoms with E-state index in [9.17, 15) is 4.79 Å². The molecular formula is C16H28O5S. The lowest BCUT2D eigenvalue weighted by atomic mass is 9.83. The summed E-state index contributed by atoms with van der Waals surface area (Å²) in [6.45, 7) is 2.89. The predicted octanol–water partition coefficient (Wildman–Crippen LogP) is 2.27. The minimum atomic E-state index is -0.137. The van der Waals surface area contributed by atoms with Crippen molar-refractivity contribution in [3.8, 4) is 0 Å². The Labute approximate surface area is 137 Å². The average Bonchev–Trinajstić information content (AvgIpc) is 2.58. The summed E-state index contributed by atoms with van der Waals surface area (Å²) in [7, 11) is 3.44. The molecule has 0 amide bonds. The van der Waals surface area contributed by atoms with E-state index in [0.29, 0.717) is 12.4 Å². The molecule has 2 bridgehead atoms. The summed E-state index contributed by atoms with van der Waals surface area (Å²) in [6.07, 6.45) is 4.14. The fourth-order valence-corrected chi connectivity index (χ4v) is 4.20. The van der Waals surface area contributed by atoms with Crippen molar-refractivity contribution in [3.63, 3.8) is 0 Å². The van der Waals surface area contributed by atoms with E-state index in [1.54, 1.807) is 21.1 Å². The summed E-state index contributed by atoms with van der Waals surface area (Å²) in [5, 5.41) is 0.127. The molecule has 0 aromatic rings. The number of fused-ring (bicyclic) bond motifs is 8. The van der Waals surface area contributed by atoms with Crippen molar-refractivity contribution in [2.75, 3.05) is 33.2 Å². The van der Waals surface area contributed by atoms with E-state index in [1.807, 2.05) is 0 Å². The van der Waals surface area contributed by atoms with Gasteiger partial charge in [-0.3, -0.25) is 4.79 Å². The number of carbonyl (C=O) groups excluding carboxylic acids is 1. The van der Waals surface area contributed by atoms with Crippen LogP contribution in [0.1, 0.15) is 32.6 Å². The first-order valence-corrected chi connectivity index (χ1v) is 9.08. The second kappa shape index (κ2) is 9.23. The predicted molar refractivity (Wildman–Crippen MR) is 86.2 cm³/mol. The first-order chi connectivity index (χ1) is 10.7. The highest BCUT2D eigenvalue weighted by Gasteiger charge is 2.46. The fourth-order valence-electron chi connectivity index (χ4n) is 3.47. The molecule has 3 rings (SSSR count). The molecular weight excluding hydrogens is 304 g/mol.